The molecule has 2 aliphatic carbocycles. The van der Waals surface area contributed by atoms with Crippen molar-refractivity contribution < 1.29 is 41.0 Å². The number of fused-ring (bicyclic) bond motifs is 1. The van der Waals surface area contributed by atoms with Gasteiger partial charge in [0.2, 0.25) is 0 Å². The third-order valence-electron chi connectivity index (χ3n) is 7.10. The number of carboxylic acids is 1. The average Bonchev–Trinajstić information content (AvgIpc) is 3.59. The predicted molar refractivity (Wildman–Crippen MR) is 129 cm³/mol. The number of rotatable bonds is 7. The van der Waals surface area contributed by atoms with E-state index < -0.39 is 29.4 Å². The monoisotopic (exact) mass is 543 g/mol. The van der Waals surface area contributed by atoms with Gasteiger partial charge in [-0.3, -0.25) is 9.69 Å². The molecule has 2 aromatic rings. The molecule has 1 aliphatic heterocycles. The number of carbonyl (C=O) groups is 1. The summed E-state index contributed by atoms with van der Waals surface area (Å²) in [5.41, 5.74) is -1.63. The van der Waals surface area contributed by atoms with E-state index in [2.05, 4.69) is 0 Å². The van der Waals surface area contributed by atoms with Crippen molar-refractivity contribution in [3.8, 4) is 5.75 Å². The van der Waals surface area contributed by atoms with Gasteiger partial charge < -0.3 is 9.84 Å². The third kappa shape index (κ3) is 7.88. The van der Waals surface area contributed by atoms with Crippen molar-refractivity contribution in [1.29, 1.82) is 0 Å². The van der Waals surface area contributed by atoms with Crippen molar-refractivity contribution in [2.24, 2.45) is 11.8 Å². The van der Waals surface area contributed by atoms with Crippen LogP contribution in [0.5, 0.6) is 5.75 Å². The molecular formula is C28H31F6NO3. The Morgan fingerprint density at radius 1 is 0.921 bits per heavy atom. The van der Waals surface area contributed by atoms with Crippen LogP contribution in [-0.4, -0.2) is 35.2 Å². The zero-order chi connectivity index (χ0) is 27.5. The molecule has 2 aromatic carbocycles. The van der Waals surface area contributed by atoms with E-state index in [0.29, 0.717) is 56.3 Å². The molecule has 2 saturated carbocycles. The van der Waals surface area contributed by atoms with E-state index in [4.69, 9.17) is 9.84 Å². The molecule has 0 aromatic heterocycles. The Labute approximate surface area is 217 Å². The topological polar surface area (TPSA) is 49.8 Å². The van der Waals surface area contributed by atoms with Crippen molar-refractivity contribution in [3.63, 3.8) is 0 Å². The number of carboxylic acid groups (broad SMARTS) is 1. The second kappa shape index (κ2) is 11.6. The van der Waals surface area contributed by atoms with Crippen LogP contribution >= 0.6 is 0 Å². The number of hydrogen-bond acceptors (Lipinski definition) is 3. The molecule has 0 radical (unpaired) electrons. The fourth-order valence-electron chi connectivity index (χ4n) is 5.20. The third-order valence-corrected chi connectivity index (χ3v) is 7.10. The molecule has 1 heterocycles. The molecular weight excluding hydrogens is 512 g/mol. The molecule has 1 saturated heterocycles. The second-order valence-electron chi connectivity index (χ2n) is 10.4. The average molecular weight is 544 g/mol. The molecule has 0 amide bonds. The highest BCUT2D eigenvalue weighted by Crippen LogP contribution is 2.42. The van der Waals surface area contributed by atoms with Crippen molar-refractivity contribution in [1.82, 2.24) is 4.90 Å². The molecule has 0 bridgehead atoms. The normalized spacial score (nSPS) is 22.9. The van der Waals surface area contributed by atoms with Gasteiger partial charge in [0, 0.05) is 26.1 Å². The number of aryl methyl sites for hydroxylation is 1. The number of likely N-dealkylation sites (tertiary alicyclic amines) is 1. The summed E-state index contributed by atoms with van der Waals surface area (Å²) in [6.07, 6.45) is -3.18. The van der Waals surface area contributed by atoms with E-state index in [1.54, 1.807) is 17.0 Å². The van der Waals surface area contributed by atoms with E-state index in [1.807, 2.05) is 12.1 Å². The lowest BCUT2D eigenvalue weighted by molar-refractivity contribution is -0.142. The van der Waals surface area contributed by atoms with Gasteiger partial charge >= 0.3 is 18.3 Å². The molecule has 0 spiro atoms. The van der Waals surface area contributed by atoms with E-state index in [1.165, 1.54) is 19.3 Å². The summed E-state index contributed by atoms with van der Waals surface area (Å²) in [5, 5.41) is 8.84. The van der Waals surface area contributed by atoms with E-state index >= 15 is 0 Å². The van der Waals surface area contributed by atoms with Crippen LogP contribution in [0.4, 0.5) is 26.3 Å². The maximum atomic E-state index is 13.4. The van der Waals surface area contributed by atoms with Crippen LogP contribution in [0.15, 0.2) is 42.5 Å². The number of ether oxygens (including phenoxy) is 1. The SMILES string of the molecule is C1CC1.O=C(O)CCc1cccc(OC2CC3CN(Cc4cc(C(F)(F)F)ccc4C(F)(F)F)CC3C2)c1. The van der Waals surface area contributed by atoms with Crippen LogP contribution in [-0.2, 0) is 30.1 Å². The molecule has 3 aliphatic rings. The van der Waals surface area contributed by atoms with Gasteiger partial charge in [0.05, 0.1) is 17.2 Å². The van der Waals surface area contributed by atoms with E-state index in [-0.39, 0.29) is 36.5 Å². The standard InChI is InChI=1S/C25H25F6NO3.C3H6/c26-24(27,28)19-5-6-22(25(29,30)31)18(9-19)14-32-12-16-10-21(11-17(16)13-32)35-20-3-1-2-15(8-20)4-7-23(33)34;1-2-3-1/h1-3,5-6,8-9,16-17,21H,4,7,10-14H2,(H,33,34);1-3H2. The quantitative estimate of drug-likeness (QED) is 0.375. The van der Waals surface area contributed by atoms with Crippen molar-refractivity contribution in [2.45, 2.75) is 69.9 Å². The number of halogens is 6. The number of aliphatic carboxylic acids is 1. The van der Waals surface area contributed by atoms with E-state index in [9.17, 15) is 31.1 Å². The largest absolute Gasteiger partial charge is 0.490 e. The summed E-state index contributed by atoms with van der Waals surface area (Å²) in [4.78, 5) is 12.6. The Hall–Kier alpha value is -2.75. The minimum absolute atomic E-state index is 0.0226. The first kappa shape index (κ1) is 28.3. The highest BCUT2D eigenvalue weighted by atomic mass is 19.4. The molecule has 38 heavy (non-hydrogen) atoms. The van der Waals surface area contributed by atoms with Crippen LogP contribution in [0.25, 0.3) is 0 Å². The summed E-state index contributed by atoms with van der Waals surface area (Å²) in [6, 6.07) is 8.86. The summed E-state index contributed by atoms with van der Waals surface area (Å²) in [5.74, 6) is 0.149. The van der Waals surface area contributed by atoms with Gasteiger partial charge in [0.1, 0.15) is 5.75 Å². The van der Waals surface area contributed by atoms with Gasteiger partial charge in [-0.15, -0.1) is 0 Å². The van der Waals surface area contributed by atoms with Gasteiger partial charge in [0.25, 0.3) is 0 Å². The minimum atomic E-state index is -4.73. The fourth-order valence-corrected chi connectivity index (χ4v) is 5.20. The Morgan fingerprint density at radius 3 is 2.13 bits per heavy atom. The summed E-state index contributed by atoms with van der Waals surface area (Å²) < 4.78 is 85.6. The fraction of sp³-hybridized carbons (Fsp3) is 0.536. The Balaban J connectivity index is 0.00000105. The number of nitrogens with zero attached hydrogens (tertiary/aromatic N) is 1. The van der Waals surface area contributed by atoms with Crippen molar-refractivity contribution in [3.05, 3.63) is 64.7 Å². The van der Waals surface area contributed by atoms with Crippen LogP contribution in [0.1, 0.15) is 60.8 Å². The van der Waals surface area contributed by atoms with Gasteiger partial charge in [-0.1, -0.05) is 31.4 Å². The van der Waals surface area contributed by atoms with Gasteiger partial charge in [-0.2, -0.15) is 26.3 Å². The zero-order valence-corrected chi connectivity index (χ0v) is 20.8. The molecule has 2 unspecified atom stereocenters. The molecule has 2 atom stereocenters. The van der Waals surface area contributed by atoms with Gasteiger partial charge in [-0.05, 0) is 72.6 Å². The Bertz CT molecular complexity index is 1100. The number of benzene rings is 2. The number of hydrogen-bond donors (Lipinski definition) is 1. The molecule has 1 N–H and O–H groups in total. The Kier molecular flexibility index (Phi) is 8.59. The summed E-state index contributed by atoms with van der Waals surface area (Å²) >= 11 is 0. The molecule has 10 heteroatoms. The number of alkyl halides is 6. The van der Waals surface area contributed by atoms with Crippen LogP contribution < -0.4 is 4.74 Å². The summed E-state index contributed by atoms with van der Waals surface area (Å²) in [6.45, 7) is 0.802. The summed E-state index contributed by atoms with van der Waals surface area (Å²) in [7, 11) is 0. The first-order chi connectivity index (χ1) is 17.9. The molecule has 4 nitrogen and oxygen atoms in total. The van der Waals surface area contributed by atoms with Crippen LogP contribution in [0.3, 0.4) is 0 Å². The zero-order valence-electron chi connectivity index (χ0n) is 20.8. The lowest BCUT2D eigenvalue weighted by Crippen LogP contribution is -2.26. The smallest absolute Gasteiger partial charge is 0.416 e. The van der Waals surface area contributed by atoms with Crippen molar-refractivity contribution >= 4 is 5.97 Å². The lowest BCUT2D eigenvalue weighted by atomic mass is 10.0. The van der Waals surface area contributed by atoms with E-state index in [0.717, 1.165) is 5.56 Å². The van der Waals surface area contributed by atoms with Gasteiger partial charge in [0.15, 0.2) is 0 Å². The first-order valence-electron chi connectivity index (χ1n) is 12.9. The predicted octanol–water partition coefficient (Wildman–Crippen LogP) is 7.20. The van der Waals surface area contributed by atoms with Crippen LogP contribution in [0, 0.1) is 11.8 Å². The highest BCUT2D eigenvalue weighted by Gasteiger charge is 2.43. The Morgan fingerprint density at radius 2 is 1.58 bits per heavy atom. The maximum absolute atomic E-state index is 13.4. The van der Waals surface area contributed by atoms with Crippen molar-refractivity contribution in [2.75, 3.05) is 13.1 Å². The first-order valence-corrected chi connectivity index (χ1v) is 12.9. The lowest BCUT2D eigenvalue weighted by Gasteiger charge is -2.22. The molecule has 208 valence electrons. The molecule has 5 rings (SSSR count). The second-order valence-corrected chi connectivity index (χ2v) is 10.4. The maximum Gasteiger partial charge on any atom is 0.416 e. The van der Waals surface area contributed by atoms with Gasteiger partial charge in [-0.25, -0.2) is 0 Å². The minimum Gasteiger partial charge on any atom is -0.490 e. The van der Waals surface area contributed by atoms with Crippen LogP contribution in [0.2, 0.25) is 0 Å². The molecule has 3 fully saturated rings. The highest BCUT2D eigenvalue weighted by molar-refractivity contribution is 5.67.